The van der Waals surface area contributed by atoms with Crippen LogP contribution in [0.2, 0.25) is 0 Å². The van der Waals surface area contributed by atoms with Gasteiger partial charge in [0.15, 0.2) is 5.16 Å². The number of aromatic nitrogens is 3. The molecule has 0 fully saturated rings. The average Bonchev–Trinajstić information content (AvgIpc) is 3.02. The number of hydrogen-bond acceptors (Lipinski definition) is 4. The lowest BCUT2D eigenvalue weighted by atomic mass is 10.1. The fraction of sp³-hybridized carbons (Fsp3) is 0.250. The molecule has 0 aliphatic rings. The minimum atomic E-state index is -0.412. The number of carbonyl (C=O) groups excluding carboxylic acids is 1. The van der Waals surface area contributed by atoms with Gasteiger partial charge in [-0.2, -0.15) is 0 Å². The molecule has 26 heavy (non-hydrogen) atoms. The zero-order valence-corrected chi connectivity index (χ0v) is 16.0. The van der Waals surface area contributed by atoms with E-state index in [9.17, 15) is 4.79 Å². The number of rotatable bonds is 6. The van der Waals surface area contributed by atoms with Crippen LogP contribution < -0.4 is 5.32 Å². The molecule has 0 saturated carbocycles. The first-order valence-corrected chi connectivity index (χ1v) is 9.44. The number of amides is 1. The third-order valence-corrected chi connectivity index (χ3v) is 5.41. The van der Waals surface area contributed by atoms with E-state index >= 15 is 0 Å². The van der Waals surface area contributed by atoms with E-state index in [1.54, 1.807) is 0 Å². The fourth-order valence-electron chi connectivity index (χ4n) is 2.61. The highest BCUT2D eigenvalue weighted by atomic mass is 32.2. The summed E-state index contributed by atoms with van der Waals surface area (Å²) < 4.78 is 1.94. The zero-order chi connectivity index (χ0) is 18.5. The molecule has 0 saturated heterocycles. The van der Waals surface area contributed by atoms with Crippen LogP contribution in [0.1, 0.15) is 29.1 Å². The minimum absolute atomic E-state index is 0.0777. The van der Waals surface area contributed by atoms with Crippen LogP contribution in [0.4, 0.5) is 5.69 Å². The first-order valence-electron chi connectivity index (χ1n) is 8.56. The van der Waals surface area contributed by atoms with Crippen LogP contribution in [0.3, 0.4) is 0 Å². The minimum Gasteiger partial charge on any atom is -0.325 e. The van der Waals surface area contributed by atoms with Crippen molar-refractivity contribution in [3.63, 3.8) is 0 Å². The van der Waals surface area contributed by atoms with Gasteiger partial charge in [-0.25, -0.2) is 0 Å². The number of benzene rings is 2. The molecule has 0 aliphatic heterocycles. The van der Waals surface area contributed by atoms with Crippen molar-refractivity contribution in [1.29, 1.82) is 0 Å². The van der Waals surface area contributed by atoms with Crippen molar-refractivity contribution in [1.82, 2.24) is 14.8 Å². The lowest BCUT2D eigenvalue weighted by Gasteiger charge is -2.16. The number of nitrogens with one attached hydrogen (secondary N) is 1. The summed E-state index contributed by atoms with van der Waals surface area (Å²) in [7, 11) is 1.93. The number of nitrogens with zero attached hydrogens (tertiary/aromatic N) is 3. The van der Waals surface area contributed by atoms with E-state index in [2.05, 4.69) is 15.5 Å². The van der Waals surface area contributed by atoms with E-state index in [0.717, 1.165) is 34.2 Å². The Balaban J connectivity index is 1.86. The van der Waals surface area contributed by atoms with E-state index < -0.39 is 5.25 Å². The molecular formula is C20H22N4OS. The van der Waals surface area contributed by atoms with Crippen molar-refractivity contribution < 1.29 is 4.79 Å². The topological polar surface area (TPSA) is 59.8 Å². The van der Waals surface area contributed by atoms with Gasteiger partial charge in [-0.1, -0.05) is 66.7 Å². The van der Waals surface area contributed by atoms with Crippen LogP contribution in [0, 0.1) is 6.92 Å². The lowest BCUT2D eigenvalue weighted by Crippen LogP contribution is -2.19. The fourth-order valence-corrected chi connectivity index (χ4v) is 3.63. The third-order valence-electron chi connectivity index (χ3n) is 4.12. The largest absolute Gasteiger partial charge is 0.325 e. The number of thioether (sulfide) groups is 1. The van der Waals surface area contributed by atoms with Gasteiger partial charge in [0.05, 0.1) is 0 Å². The molecule has 1 atom stereocenters. The normalized spacial score (nSPS) is 12.0. The summed E-state index contributed by atoms with van der Waals surface area (Å²) in [5, 5.41) is 11.8. The molecule has 1 heterocycles. The van der Waals surface area contributed by atoms with Gasteiger partial charge in [-0.15, -0.1) is 10.2 Å². The van der Waals surface area contributed by atoms with Crippen molar-refractivity contribution in [2.45, 2.75) is 30.7 Å². The number of carbonyl (C=O) groups is 1. The third kappa shape index (κ3) is 4.14. The Morgan fingerprint density at radius 3 is 2.42 bits per heavy atom. The van der Waals surface area contributed by atoms with Gasteiger partial charge in [-0.05, 0) is 24.6 Å². The first kappa shape index (κ1) is 18.2. The summed E-state index contributed by atoms with van der Waals surface area (Å²) in [4.78, 5) is 13.0. The molecule has 3 rings (SSSR count). The van der Waals surface area contributed by atoms with Crippen LogP contribution in [0.5, 0.6) is 0 Å². The molecule has 1 N–H and O–H groups in total. The molecule has 6 heteroatoms. The molecule has 0 radical (unpaired) electrons. The van der Waals surface area contributed by atoms with E-state index in [0.29, 0.717) is 0 Å². The molecule has 3 aromatic rings. The Morgan fingerprint density at radius 2 is 1.81 bits per heavy atom. The number of anilines is 1. The maximum atomic E-state index is 13.0. The van der Waals surface area contributed by atoms with Crippen LogP contribution in [0.25, 0.3) is 0 Å². The standard InChI is InChI=1S/C20H22N4OS/c1-4-17-22-23-20(24(17)3)26-18(15-8-6-5-7-9-15)19(25)21-16-12-10-14(2)11-13-16/h5-13,18H,4H2,1-3H3,(H,21,25). The Bertz CT molecular complexity index is 875. The Morgan fingerprint density at radius 1 is 1.12 bits per heavy atom. The van der Waals surface area contributed by atoms with Gasteiger partial charge in [0.1, 0.15) is 11.1 Å². The highest BCUT2D eigenvalue weighted by molar-refractivity contribution is 8.00. The summed E-state index contributed by atoms with van der Waals surface area (Å²) in [6, 6.07) is 17.5. The van der Waals surface area contributed by atoms with E-state index in [1.165, 1.54) is 11.8 Å². The summed E-state index contributed by atoms with van der Waals surface area (Å²) in [5.41, 5.74) is 2.88. The van der Waals surface area contributed by atoms with Crippen LogP contribution >= 0.6 is 11.8 Å². The summed E-state index contributed by atoms with van der Waals surface area (Å²) in [5.74, 6) is 0.823. The first-order chi connectivity index (χ1) is 12.6. The quantitative estimate of drug-likeness (QED) is 0.666. The van der Waals surface area contributed by atoms with Crippen molar-refractivity contribution >= 4 is 23.4 Å². The smallest absolute Gasteiger partial charge is 0.242 e. The average molecular weight is 366 g/mol. The highest BCUT2D eigenvalue weighted by Crippen LogP contribution is 2.35. The molecule has 2 aromatic carbocycles. The molecule has 1 unspecified atom stereocenters. The number of hydrogen-bond donors (Lipinski definition) is 1. The second-order valence-electron chi connectivity index (χ2n) is 6.08. The highest BCUT2D eigenvalue weighted by Gasteiger charge is 2.25. The SMILES string of the molecule is CCc1nnc(SC(C(=O)Nc2ccc(C)cc2)c2ccccc2)n1C. The Kier molecular flexibility index (Phi) is 5.73. The van der Waals surface area contributed by atoms with Gasteiger partial charge >= 0.3 is 0 Å². The van der Waals surface area contributed by atoms with Crippen LogP contribution in [-0.2, 0) is 18.3 Å². The van der Waals surface area contributed by atoms with E-state index in [-0.39, 0.29) is 5.91 Å². The van der Waals surface area contributed by atoms with Gasteiger partial charge in [0.25, 0.3) is 0 Å². The monoisotopic (exact) mass is 366 g/mol. The molecule has 1 amide bonds. The molecule has 5 nitrogen and oxygen atoms in total. The maximum Gasteiger partial charge on any atom is 0.242 e. The van der Waals surface area contributed by atoms with Crippen LogP contribution in [0.15, 0.2) is 59.8 Å². The van der Waals surface area contributed by atoms with Gasteiger partial charge in [0.2, 0.25) is 5.91 Å². The van der Waals surface area contributed by atoms with Crippen molar-refractivity contribution in [3.05, 3.63) is 71.5 Å². The summed E-state index contributed by atoms with van der Waals surface area (Å²) in [6.07, 6.45) is 0.801. The molecular weight excluding hydrogens is 344 g/mol. The molecule has 134 valence electrons. The van der Waals surface area contributed by atoms with Gasteiger partial charge in [0, 0.05) is 19.2 Å². The molecule has 0 spiro atoms. The van der Waals surface area contributed by atoms with Crippen LogP contribution in [-0.4, -0.2) is 20.7 Å². The predicted octanol–water partition coefficient (Wildman–Crippen LogP) is 4.16. The Hall–Kier alpha value is -2.60. The summed E-state index contributed by atoms with van der Waals surface area (Å²) >= 11 is 1.41. The summed E-state index contributed by atoms with van der Waals surface area (Å²) in [6.45, 7) is 4.06. The van der Waals surface area contributed by atoms with Crippen molar-refractivity contribution in [2.75, 3.05) is 5.32 Å². The maximum absolute atomic E-state index is 13.0. The molecule has 1 aromatic heterocycles. The second kappa shape index (κ2) is 8.19. The Labute approximate surface area is 157 Å². The lowest BCUT2D eigenvalue weighted by molar-refractivity contribution is -0.115. The number of aryl methyl sites for hydroxylation is 2. The zero-order valence-electron chi connectivity index (χ0n) is 15.1. The molecule has 0 bridgehead atoms. The van der Waals surface area contributed by atoms with Crippen molar-refractivity contribution in [2.24, 2.45) is 7.05 Å². The van der Waals surface area contributed by atoms with Crippen molar-refractivity contribution in [3.8, 4) is 0 Å². The second-order valence-corrected chi connectivity index (χ2v) is 7.15. The van der Waals surface area contributed by atoms with Gasteiger partial charge in [-0.3, -0.25) is 4.79 Å². The molecule has 0 aliphatic carbocycles. The van der Waals surface area contributed by atoms with Gasteiger partial charge < -0.3 is 9.88 Å². The van der Waals surface area contributed by atoms with E-state index in [1.807, 2.05) is 80.1 Å². The van der Waals surface area contributed by atoms with E-state index in [4.69, 9.17) is 0 Å². The predicted molar refractivity (Wildman–Crippen MR) is 105 cm³/mol.